The molecule has 1 unspecified atom stereocenters. The molecule has 2 rings (SSSR count). The summed E-state index contributed by atoms with van der Waals surface area (Å²) < 4.78 is 49.1. The Morgan fingerprint density at radius 3 is 2.65 bits per heavy atom. The molecule has 0 aliphatic carbocycles. The molecule has 0 aromatic carbocycles. The van der Waals surface area contributed by atoms with Crippen LogP contribution >= 0.6 is 0 Å². The van der Waals surface area contributed by atoms with Crippen molar-refractivity contribution in [3.63, 3.8) is 0 Å². The summed E-state index contributed by atoms with van der Waals surface area (Å²) >= 11 is 0. The van der Waals surface area contributed by atoms with Crippen LogP contribution in [0.1, 0.15) is 6.92 Å². The van der Waals surface area contributed by atoms with Gasteiger partial charge in [-0.15, -0.1) is 0 Å². The monoisotopic (exact) mass is 320 g/mol. The molecule has 0 spiro atoms. The van der Waals surface area contributed by atoms with Crippen molar-refractivity contribution in [2.45, 2.75) is 17.9 Å². The zero-order chi connectivity index (χ0) is 15.0. The van der Waals surface area contributed by atoms with Crippen LogP contribution in [0.3, 0.4) is 0 Å². The molecule has 0 amide bonds. The highest BCUT2D eigenvalue weighted by Crippen LogP contribution is 2.22. The number of rotatable bonds is 3. The van der Waals surface area contributed by atoms with Gasteiger partial charge in [-0.2, -0.15) is 4.31 Å². The molecular weight excluding hydrogens is 304 g/mol. The largest absolute Gasteiger partial charge is 0.308 e. The number of hydrogen-bond donors (Lipinski definition) is 2. The van der Waals surface area contributed by atoms with Gasteiger partial charge < -0.3 is 5.43 Å². The molecule has 1 aliphatic heterocycles. The Morgan fingerprint density at radius 1 is 1.45 bits per heavy atom. The molecule has 20 heavy (non-hydrogen) atoms. The zero-order valence-electron chi connectivity index (χ0n) is 10.9. The van der Waals surface area contributed by atoms with Gasteiger partial charge in [0.1, 0.15) is 10.7 Å². The Kier molecular flexibility index (Phi) is 4.00. The molecule has 0 saturated carbocycles. The van der Waals surface area contributed by atoms with Crippen molar-refractivity contribution >= 4 is 25.7 Å². The predicted octanol–water partition coefficient (Wildman–Crippen LogP) is -0.825. The van der Waals surface area contributed by atoms with E-state index in [1.54, 1.807) is 6.92 Å². The van der Waals surface area contributed by atoms with Crippen LogP contribution in [0.25, 0.3) is 0 Å². The SMILES string of the molecule is CC1CS(=O)(=O)CCN1S(=O)(=O)c1ccc(NN)nc1. The second-order valence-electron chi connectivity index (χ2n) is 4.60. The van der Waals surface area contributed by atoms with E-state index in [4.69, 9.17) is 5.84 Å². The van der Waals surface area contributed by atoms with Crippen molar-refractivity contribution in [3.8, 4) is 0 Å². The molecule has 0 radical (unpaired) electrons. The summed E-state index contributed by atoms with van der Waals surface area (Å²) in [5.74, 6) is 5.19. The average Bonchev–Trinajstić information content (AvgIpc) is 2.37. The molecule has 0 bridgehead atoms. The topological polar surface area (TPSA) is 122 Å². The third-order valence-corrected chi connectivity index (χ3v) is 6.89. The summed E-state index contributed by atoms with van der Waals surface area (Å²) in [6.45, 7) is 1.54. The van der Waals surface area contributed by atoms with Gasteiger partial charge in [0.2, 0.25) is 10.0 Å². The third kappa shape index (κ3) is 2.92. The molecule has 112 valence electrons. The van der Waals surface area contributed by atoms with Crippen molar-refractivity contribution in [3.05, 3.63) is 18.3 Å². The van der Waals surface area contributed by atoms with E-state index in [-0.39, 0.29) is 22.9 Å². The van der Waals surface area contributed by atoms with Crippen LogP contribution in [0.5, 0.6) is 0 Å². The number of nitrogens with two attached hydrogens (primary N) is 1. The van der Waals surface area contributed by atoms with E-state index in [9.17, 15) is 16.8 Å². The zero-order valence-corrected chi connectivity index (χ0v) is 12.5. The number of nitrogens with one attached hydrogen (secondary N) is 1. The van der Waals surface area contributed by atoms with Gasteiger partial charge in [-0.25, -0.2) is 27.7 Å². The molecule has 1 fully saturated rings. The normalized spacial score (nSPS) is 23.4. The number of nitrogens with zero attached hydrogens (tertiary/aromatic N) is 2. The first-order valence-electron chi connectivity index (χ1n) is 5.91. The Labute approximate surface area is 117 Å². The second-order valence-corrected chi connectivity index (χ2v) is 8.72. The highest BCUT2D eigenvalue weighted by Gasteiger charge is 2.36. The Balaban J connectivity index is 2.30. The minimum Gasteiger partial charge on any atom is -0.308 e. The lowest BCUT2D eigenvalue weighted by Gasteiger charge is -2.31. The molecule has 10 heteroatoms. The number of sulfone groups is 1. The van der Waals surface area contributed by atoms with Crippen LogP contribution in [-0.2, 0) is 19.9 Å². The molecule has 2 heterocycles. The smallest absolute Gasteiger partial charge is 0.244 e. The number of nitrogen functional groups attached to an aromatic ring is 1. The predicted molar refractivity (Wildman–Crippen MR) is 74.1 cm³/mol. The van der Waals surface area contributed by atoms with Crippen molar-refractivity contribution < 1.29 is 16.8 Å². The van der Waals surface area contributed by atoms with Crippen LogP contribution in [0.2, 0.25) is 0 Å². The highest BCUT2D eigenvalue weighted by molar-refractivity contribution is 7.92. The Hall–Kier alpha value is -1.23. The van der Waals surface area contributed by atoms with Crippen LogP contribution < -0.4 is 11.3 Å². The first-order chi connectivity index (χ1) is 9.26. The molecular formula is C10H16N4O4S2. The number of hydrazine groups is 1. The van der Waals surface area contributed by atoms with Crippen molar-refractivity contribution in [1.82, 2.24) is 9.29 Å². The first kappa shape index (κ1) is 15.2. The van der Waals surface area contributed by atoms with Crippen molar-refractivity contribution in [1.29, 1.82) is 0 Å². The van der Waals surface area contributed by atoms with E-state index in [1.165, 1.54) is 22.6 Å². The van der Waals surface area contributed by atoms with Gasteiger partial charge in [0.25, 0.3) is 0 Å². The van der Waals surface area contributed by atoms with Gasteiger partial charge in [0, 0.05) is 18.8 Å². The molecule has 3 N–H and O–H groups in total. The number of sulfonamides is 1. The fourth-order valence-electron chi connectivity index (χ4n) is 2.09. The van der Waals surface area contributed by atoms with E-state index in [0.717, 1.165) is 0 Å². The maximum absolute atomic E-state index is 12.4. The maximum atomic E-state index is 12.4. The minimum atomic E-state index is -3.75. The lowest BCUT2D eigenvalue weighted by Crippen LogP contribution is -2.49. The van der Waals surface area contributed by atoms with E-state index < -0.39 is 25.9 Å². The summed E-state index contributed by atoms with van der Waals surface area (Å²) in [5, 5.41) is 0. The standard InChI is InChI=1S/C10H16N4O4S2/c1-8-7-19(15,16)5-4-14(8)20(17,18)9-2-3-10(13-11)12-6-9/h2-3,6,8H,4-5,7,11H2,1H3,(H,12,13). The fourth-order valence-corrected chi connectivity index (χ4v) is 5.44. The second kappa shape index (κ2) is 5.28. The van der Waals surface area contributed by atoms with Gasteiger partial charge in [-0.05, 0) is 19.1 Å². The lowest BCUT2D eigenvalue weighted by atomic mass is 10.4. The number of pyridine rings is 1. The molecule has 1 aliphatic rings. The van der Waals surface area contributed by atoms with E-state index >= 15 is 0 Å². The number of aromatic nitrogens is 1. The van der Waals surface area contributed by atoms with Gasteiger partial charge in [-0.3, -0.25) is 0 Å². The Morgan fingerprint density at radius 2 is 2.15 bits per heavy atom. The lowest BCUT2D eigenvalue weighted by molar-refractivity contribution is 0.356. The minimum absolute atomic E-state index is 0.0163. The highest BCUT2D eigenvalue weighted by atomic mass is 32.2. The molecule has 1 aromatic heterocycles. The fraction of sp³-hybridized carbons (Fsp3) is 0.500. The number of anilines is 1. The van der Waals surface area contributed by atoms with Gasteiger partial charge in [0.15, 0.2) is 9.84 Å². The molecule has 8 nitrogen and oxygen atoms in total. The summed E-state index contributed by atoms with van der Waals surface area (Å²) in [6.07, 6.45) is 1.19. The number of hydrogen-bond acceptors (Lipinski definition) is 7. The summed E-state index contributed by atoms with van der Waals surface area (Å²) in [5.41, 5.74) is 2.31. The summed E-state index contributed by atoms with van der Waals surface area (Å²) in [4.78, 5) is 3.87. The van der Waals surface area contributed by atoms with Gasteiger partial charge >= 0.3 is 0 Å². The van der Waals surface area contributed by atoms with Crippen LogP contribution in [0.4, 0.5) is 5.82 Å². The summed E-state index contributed by atoms with van der Waals surface area (Å²) in [6, 6.07) is 2.23. The average molecular weight is 320 g/mol. The molecule has 1 saturated heterocycles. The van der Waals surface area contributed by atoms with Crippen LogP contribution in [0.15, 0.2) is 23.2 Å². The van der Waals surface area contributed by atoms with Crippen molar-refractivity contribution in [2.24, 2.45) is 5.84 Å². The summed E-state index contributed by atoms with van der Waals surface area (Å²) in [7, 11) is -6.91. The Bertz CT molecular complexity index is 684. The first-order valence-corrected chi connectivity index (χ1v) is 9.17. The molecule has 1 atom stereocenters. The third-order valence-electron chi connectivity index (χ3n) is 3.10. The van der Waals surface area contributed by atoms with E-state index in [1.807, 2.05) is 0 Å². The van der Waals surface area contributed by atoms with Gasteiger partial charge in [-0.1, -0.05) is 0 Å². The van der Waals surface area contributed by atoms with E-state index in [2.05, 4.69) is 10.4 Å². The van der Waals surface area contributed by atoms with Crippen LogP contribution in [0, 0.1) is 0 Å². The molecule has 1 aromatic rings. The van der Waals surface area contributed by atoms with E-state index in [0.29, 0.717) is 5.82 Å². The van der Waals surface area contributed by atoms with Gasteiger partial charge in [0.05, 0.1) is 11.5 Å². The maximum Gasteiger partial charge on any atom is 0.244 e. The van der Waals surface area contributed by atoms with Crippen molar-refractivity contribution in [2.75, 3.05) is 23.5 Å². The quantitative estimate of drug-likeness (QED) is 0.550. The van der Waals surface area contributed by atoms with Crippen LogP contribution in [-0.4, -0.2) is 50.2 Å².